The first-order valence-corrected chi connectivity index (χ1v) is 19.1. The van der Waals surface area contributed by atoms with Crippen molar-refractivity contribution in [3.8, 4) is 5.75 Å². The Bertz CT molecular complexity index is 1920. The molecule has 4 aromatic rings. The number of alkyl halides is 3. The molecule has 2 unspecified atom stereocenters. The van der Waals surface area contributed by atoms with Crippen LogP contribution in [0.2, 0.25) is 10.0 Å². The molecule has 1 amide bonds. The zero-order chi connectivity index (χ0) is 37.3. The average Bonchev–Trinajstić information content (AvgIpc) is 3.82. The van der Waals surface area contributed by atoms with E-state index >= 15 is 0 Å². The lowest BCUT2D eigenvalue weighted by molar-refractivity contribution is -0.137. The smallest absolute Gasteiger partial charge is 0.416 e. The van der Waals surface area contributed by atoms with Gasteiger partial charge in [-0.3, -0.25) is 19.6 Å². The minimum absolute atomic E-state index is 0.0122. The summed E-state index contributed by atoms with van der Waals surface area (Å²) in [6.45, 7) is 8.80. The Morgan fingerprint density at radius 3 is 2.02 bits per heavy atom. The zero-order valence-electron chi connectivity index (χ0n) is 29.8. The fraction of sp³-hybridized carbons (Fsp3) is 0.381. The summed E-state index contributed by atoms with van der Waals surface area (Å²) in [4.78, 5) is 26.7. The van der Waals surface area contributed by atoms with Gasteiger partial charge < -0.3 is 9.64 Å². The maximum atomic E-state index is 14.9. The molecule has 6 nitrogen and oxygen atoms in total. The van der Waals surface area contributed by atoms with Crippen LogP contribution in [-0.2, 0) is 12.7 Å². The Morgan fingerprint density at radius 1 is 0.830 bits per heavy atom. The summed E-state index contributed by atoms with van der Waals surface area (Å²) in [6, 6.07) is 24.8. The third kappa shape index (κ3) is 8.44. The van der Waals surface area contributed by atoms with Crippen molar-refractivity contribution in [1.82, 2.24) is 14.7 Å². The molecular weight excluding hydrogens is 720 g/mol. The first kappa shape index (κ1) is 37.4. The molecule has 0 aliphatic carbocycles. The van der Waals surface area contributed by atoms with Crippen LogP contribution in [0.1, 0.15) is 89.8 Å². The third-order valence-corrected chi connectivity index (χ3v) is 10.9. The Balaban J connectivity index is 1.25. The molecule has 0 saturated carbocycles. The molecule has 0 spiro atoms. The second kappa shape index (κ2) is 15.8. The largest absolute Gasteiger partial charge is 0.490 e. The highest BCUT2D eigenvalue weighted by molar-refractivity contribution is 6.30. The van der Waals surface area contributed by atoms with Crippen LogP contribution in [0, 0.1) is 0 Å². The summed E-state index contributed by atoms with van der Waals surface area (Å²) in [5.74, 6) is -0.139. The van der Waals surface area contributed by atoms with Gasteiger partial charge in [-0.25, -0.2) is 0 Å². The van der Waals surface area contributed by atoms with Crippen LogP contribution in [0.3, 0.4) is 0 Å². The first-order valence-electron chi connectivity index (χ1n) is 18.3. The Hall–Kier alpha value is -3.89. The lowest BCUT2D eigenvalue weighted by Crippen LogP contribution is -2.43. The molecule has 0 N–H and O–H groups in total. The lowest BCUT2D eigenvalue weighted by Gasteiger charge is -2.36. The molecule has 2 saturated heterocycles. The number of halogens is 5. The molecule has 3 heterocycles. The molecule has 0 radical (unpaired) electrons. The number of hydrogen-bond acceptors (Lipinski definition) is 5. The molecule has 7 rings (SSSR count). The second-order valence-electron chi connectivity index (χ2n) is 14.4. The van der Waals surface area contributed by atoms with Gasteiger partial charge in [-0.05, 0) is 137 Å². The average molecular weight is 764 g/mol. The maximum absolute atomic E-state index is 14.9. The molecule has 11 heteroatoms. The van der Waals surface area contributed by atoms with E-state index in [1.54, 1.807) is 43.0 Å². The molecule has 3 aliphatic heterocycles. The van der Waals surface area contributed by atoms with E-state index < -0.39 is 29.9 Å². The highest BCUT2D eigenvalue weighted by Crippen LogP contribution is 2.46. The van der Waals surface area contributed by atoms with Crippen molar-refractivity contribution < 1.29 is 22.7 Å². The van der Waals surface area contributed by atoms with Crippen LogP contribution in [0.15, 0.2) is 96.0 Å². The standard InChI is InChI=1S/C42H43Cl2F3N4O2/c1-27(2)53-37-25-32(42(45,46)47)13-18-36(37)40-48-38(29-9-14-33(43)15-10-29)39(30-11-16-34(44)17-12-30)51(40)41(52)31-7-5-28(6-8-31)26-49-23-19-35(20-24-49)50-21-3-4-22-50/h5-18,25,27,35,38-39H,3-4,19-24,26H2,1-2H3. The number of hydrogen-bond donors (Lipinski definition) is 0. The van der Waals surface area contributed by atoms with E-state index in [0.29, 0.717) is 21.7 Å². The minimum Gasteiger partial charge on any atom is -0.490 e. The van der Waals surface area contributed by atoms with Crippen LogP contribution in [0.5, 0.6) is 5.75 Å². The molecule has 0 aromatic heterocycles. The number of ether oxygens (including phenoxy) is 1. The third-order valence-electron chi connectivity index (χ3n) is 10.4. The number of carbonyl (C=O) groups is 1. The van der Waals surface area contributed by atoms with Gasteiger partial charge in [-0.2, -0.15) is 13.2 Å². The van der Waals surface area contributed by atoms with Crippen molar-refractivity contribution in [2.45, 2.75) is 76.5 Å². The van der Waals surface area contributed by atoms with Crippen LogP contribution < -0.4 is 4.74 Å². The van der Waals surface area contributed by atoms with Gasteiger partial charge in [-0.15, -0.1) is 0 Å². The molecule has 2 fully saturated rings. The van der Waals surface area contributed by atoms with Gasteiger partial charge in [0.25, 0.3) is 5.91 Å². The van der Waals surface area contributed by atoms with E-state index in [9.17, 15) is 18.0 Å². The maximum Gasteiger partial charge on any atom is 0.416 e. The summed E-state index contributed by atoms with van der Waals surface area (Å²) in [5, 5.41) is 1.07. The van der Waals surface area contributed by atoms with Crippen LogP contribution in [0.4, 0.5) is 13.2 Å². The summed E-state index contributed by atoms with van der Waals surface area (Å²) < 4.78 is 47.9. The topological polar surface area (TPSA) is 48.4 Å². The van der Waals surface area contributed by atoms with Gasteiger partial charge in [0.2, 0.25) is 0 Å². The molecule has 2 atom stereocenters. The normalized spacial score (nSPS) is 20.3. The predicted molar refractivity (Wildman–Crippen MR) is 204 cm³/mol. The van der Waals surface area contributed by atoms with Gasteiger partial charge in [0.15, 0.2) is 0 Å². The summed E-state index contributed by atoms with van der Waals surface area (Å²) in [5.41, 5.74) is 2.51. The van der Waals surface area contributed by atoms with Crippen LogP contribution in [0.25, 0.3) is 0 Å². The molecule has 53 heavy (non-hydrogen) atoms. The van der Waals surface area contributed by atoms with E-state index in [1.165, 1.54) is 44.8 Å². The Morgan fingerprint density at radius 2 is 1.43 bits per heavy atom. The van der Waals surface area contributed by atoms with Crippen LogP contribution in [-0.4, -0.2) is 64.8 Å². The lowest BCUT2D eigenvalue weighted by atomic mass is 9.93. The number of benzene rings is 4. The second-order valence-corrected chi connectivity index (χ2v) is 15.3. The molecule has 0 bridgehead atoms. The van der Waals surface area contributed by atoms with E-state index in [-0.39, 0.29) is 23.1 Å². The fourth-order valence-corrected chi connectivity index (χ4v) is 8.05. The van der Waals surface area contributed by atoms with Gasteiger partial charge in [-0.1, -0.05) is 59.6 Å². The molecule has 278 valence electrons. The first-order chi connectivity index (χ1) is 25.4. The highest BCUT2D eigenvalue weighted by Gasteiger charge is 2.44. The van der Waals surface area contributed by atoms with Gasteiger partial charge in [0, 0.05) is 28.2 Å². The molecule has 3 aliphatic rings. The van der Waals surface area contributed by atoms with E-state index in [4.69, 9.17) is 32.9 Å². The molecule has 4 aromatic carbocycles. The van der Waals surface area contributed by atoms with Gasteiger partial charge in [0.1, 0.15) is 17.6 Å². The number of rotatable bonds is 9. The van der Waals surface area contributed by atoms with Gasteiger partial charge in [0.05, 0.1) is 23.3 Å². The predicted octanol–water partition coefficient (Wildman–Crippen LogP) is 10.2. The number of nitrogens with zero attached hydrogens (tertiary/aromatic N) is 4. The number of aliphatic imine (C=N–C) groups is 1. The summed E-state index contributed by atoms with van der Waals surface area (Å²) in [7, 11) is 0. The van der Waals surface area contributed by atoms with E-state index in [2.05, 4.69) is 9.80 Å². The van der Waals surface area contributed by atoms with Crippen molar-refractivity contribution in [3.05, 3.63) is 134 Å². The Kier molecular flexibility index (Phi) is 11.2. The van der Waals surface area contributed by atoms with Crippen molar-refractivity contribution in [2.24, 2.45) is 4.99 Å². The fourth-order valence-electron chi connectivity index (χ4n) is 7.80. The number of likely N-dealkylation sites (tertiary alicyclic amines) is 2. The van der Waals surface area contributed by atoms with E-state index in [0.717, 1.165) is 48.5 Å². The number of amidine groups is 1. The summed E-state index contributed by atoms with van der Waals surface area (Å²) in [6.07, 6.45) is -0.0994. The van der Waals surface area contributed by atoms with Crippen molar-refractivity contribution in [3.63, 3.8) is 0 Å². The minimum atomic E-state index is -4.59. The zero-order valence-corrected chi connectivity index (χ0v) is 31.3. The monoisotopic (exact) mass is 762 g/mol. The SMILES string of the molecule is CC(C)Oc1cc(C(F)(F)F)ccc1C1=NC(c2ccc(Cl)cc2)C(c2ccc(Cl)cc2)N1C(=O)c1ccc(CN2CCC(N3CCCC3)CC2)cc1. The molecular formula is C42H43Cl2F3N4O2. The van der Waals surface area contributed by atoms with Crippen molar-refractivity contribution in [2.75, 3.05) is 26.2 Å². The van der Waals surface area contributed by atoms with Crippen molar-refractivity contribution in [1.29, 1.82) is 0 Å². The number of amides is 1. The van der Waals surface area contributed by atoms with Crippen LogP contribution >= 0.6 is 23.2 Å². The Labute approximate surface area is 319 Å². The van der Waals surface area contributed by atoms with Crippen molar-refractivity contribution >= 4 is 34.9 Å². The number of carbonyl (C=O) groups excluding carboxylic acids is 1. The number of piperidine rings is 1. The van der Waals surface area contributed by atoms with E-state index in [1.807, 2.05) is 48.5 Å². The highest BCUT2D eigenvalue weighted by atomic mass is 35.5. The quantitative estimate of drug-likeness (QED) is 0.170. The van der Waals surface area contributed by atoms with Gasteiger partial charge >= 0.3 is 6.18 Å². The summed E-state index contributed by atoms with van der Waals surface area (Å²) >= 11 is 12.6.